The number of rotatable bonds is 12. The van der Waals surface area contributed by atoms with E-state index in [1.54, 1.807) is 64.9 Å². The molecule has 0 atom stereocenters. The normalized spacial score (nSPS) is 11.0. The molecule has 6 aromatic heterocycles. The minimum atomic E-state index is -10.7. The fourth-order valence-electron chi connectivity index (χ4n) is 10.2. The van der Waals surface area contributed by atoms with Crippen LogP contribution in [0, 0.1) is 123 Å². The first-order chi connectivity index (χ1) is 50.1. The fraction of sp³-hybridized carbons (Fsp3) is 0.231. The summed E-state index contributed by atoms with van der Waals surface area (Å²) in [6.45, 7) is 25.4. The molecule has 0 fully saturated rings. The second kappa shape index (κ2) is 42.2. The van der Waals surface area contributed by atoms with Gasteiger partial charge in [-0.2, -0.15) is 31.6 Å². The molecule has 0 spiro atoms. The van der Waals surface area contributed by atoms with Crippen molar-refractivity contribution in [2.45, 2.75) is 96.9 Å². The number of halogens is 12. The molecule has 0 aliphatic carbocycles. The van der Waals surface area contributed by atoms with Crippen molar-refractivity contribution in [3.05, 3.63) is 203 Å². The van der Waals surface area contributed by atoms with Gasteiger partial charge in [-0.05, 0) is 219 Å². The van der Waals surface area contributed by atoms with Crippen molar-refractivity contribution in [1.29, 1.82) is 31.6 Å². The third kappa shape index (κ3) is 37.1. The smallest absolute Gasteiger partial charge is 2.00 e. The Morgan fingerprint density at radius 3 is 0.514 bits per heavy atom. The molecular weight excluding hydrogens is 1650 g/mol. The SMILES string of the molecule is CC#N.CC#N.CC#N.CC#N.CC#N.CC#N.COc1cc(C)c(-c2ccc(-c3cccc(-c4ccc(-c5c(C)cc(OC)cc5C)cn4)n3)nc2)c(C)c1.COc1cc(C)c(-c2ccc(-c3cccc(-c4ccc(-c5c(C)cc(OC)cc5C)cn4)n3)nc2)c(C)c1.F[P-](F)(F)(F)(F)F.F[P-](F)(F)(F)(F)F.[Os+2]. The molecule has 0 radical (unpaired) electrons. The number of ether oxygens (including phenoxy) is 4. The summed E-state index contributed by atoms with van der Waals surface area (Å²) in [6.07, 6.45) is 7.66. The first-order valence-electron chi connectivity index (χ1n) is 31.5. The van der Waals surface area contributed by atoms with Crippen molar-refractivity contribution in [2.24, 2.45) is 0 Å². The third-order valence-corrected chi connectivity index (χ3v) is 13.7. The van der Waals surface area contributed by atoms with Crippen LogP contribution in [-0.2, 0) is 19.8 Å². The minimum absolute atomic E-state index is 0. The second-order valence-electron chi connectivity index (χ2n) is 22.3. The zero-order chi connectivity index (χ0) is 82.7. The number of hydrogen-bond donors (Lipinski definition) is 0. The van der Waals surface area contributed by atoms with E-state index in [0.29, 0.717) is 0 Å². The van der Waals surface area contributed by atoms with Crippen LogP contribution in [0.3, 0.4) is 0 Å². The third-order valence-electron chi connectivity index (χ3n) is 13.7. The van der Waals surface area contributed by atoms with E-state index >= 15 is 0 Å². The molecule has 0 aliphatic heterocycles. The maximum atomic E-state index is 9.87. The molecule has 6 heterocycles. The Balaban J connectivity index is 0.00000153. The molecule has 31 heteroatoms. The fourth-order valence-corrected chi connectivity index (χ4v) is 10.2. The van der Waals surface area contributed by atoms with Crippen LogP contribution in [-0.4, -0.2) is 58.3 Å². The van der Waals surface area contributed by atoms with Gasteiger partial charge >= 0.3 is 85.8 Å². The van der Waals surface area contributed by atoms with Crippen molar-refractivity contribution in [3.63, 3.8) is 0 Å². The van der Waals surface area contributed by atoms with E-state index in [1.165, 1.54) is 63.8 Å². The molecule has 0 unspecified atom stereocenters. The van der Waals surface area contributed by atoms with Crippen LogP contribution in [0.25, 0.3) is 90.1 Å². The number of methoxy groups -OCH3 is 4. The molecule has 0 aliphatic rings. The number of nitrogens with zero attached hydrogens (tertiary/aromatic N) is 12. The first-order valence-corrected chi connectivity index (χ1v) is 35.6. The molecule has 4 aromatic carbocycles. The van der Waals surface area contributed by atoms with Gasteiger partial charge in [-0.15, -0.1) is 0 Å². The maximum Gasteiger partial charge on any atom is 2.00 e. The molecule has 16 nitrogen and oxygen atoms in total. The Kier molecular flexibility index (Phi) is 37.8. The number of aromatic nitrogens is 6. The Morgan fingerprint density at radius 1 is 0.266 bits per heavy atom. The molecule has 0 N–H and O–H groups in total. The van der Waals surface area contributed by atoms with Crippen LogP contribution in [0.4, 0.5) is 50.4 Å². The van der Waals surface area contributed by atoms with Gasteiger partial charge in [0.05, 0.1) is 110 Å². The van der Waals surface area contributed by atoms with Gasteiger partial charge in [0.25, 0.3) is 0 Å². The predicted octanol–water partition coefficient (Wildman–Crippen LogP) is 25.5. The summed E-state index contributed by atoms with van der Waals surface area (Å²) in [5.41, 5.74) is 24.8. The van der Waals surface area contributed by atoms with Gasteiger partial charge in [-0.25, -0.2) is 9.97 Å². The van der Waals surface area contributed by atoms with Crippen molar-refractivity contribution in [2.75, 3.05) is 28.4 Å². The molecule has 0 saturated heterocycles. The summed E-state index contributed by atoms with van der Waals surface area (Å²) >= 11 is 0. The van der Waals surface area contributed by atoms with Crippen molar-refractivity contribution in [3.8, 4) is 149 Å². The Bertz CT molecular complexity index is 4200. The van der Waals surface area contributed by atoms with Crippen LogP contribution in [0.2, 0.25) is 0 Å². The Morgan fingerprint density at radius 2 is 0.404 bits per heavy atom. The molecule has 578 valence electrons. The van der Waals surface area contributed by atoms with Gasteiger partial charge in [0, 0.05) is 88.6 Å². The Labute approximate surface area is 640 Å². The Hall–Kier alpha value is -11.4. The summed E-state index contributed by atoms with van der Waals surface area (Å²) in [7, 11) is -14.5. The van der Waals surface area contributed by atoms with E-state index in [4.69, 9.17) is 80.4 Å². The van der Waals surface area contributed by atoms with Crippen molar-refractivity contribution < 1.29 is 89.1 Å². The number of nitriles is 6. The van der Waals surface area contributed by atoms with Crippen molar-refractivity contribution >= 4 is 15.6 Å². The summed E-state index contributed by atoms with van der Waals surface area (Å²) in [5, 5.41) is 43.9. The largest absolute Gasteiger partial charge is 2.00 e. The van der Waals surface area contributed by atoms with Gasteiger partial charge in [-0.1, -0.05) is 36.4 Å². The van der Waals surface area contributed by atoms with E-state index in [2.05, 4.69) is 128 Å². The van der Waals surface area contributed by atoms with Crippen LogP contribution in [0.5, 0.6) is 23.0 Å². The number of aryl methyl sites for hydroxylation is 8. The quantitative estimate of drug-likeness (QED) is 0.0813. The summed E-state index contributed by atoms with van der Waals surface area (Å²) in [5.74, 6) is 3.46. The summed E-state index contributed by atoms with van der Waals surface area (Å²) in [6, 6.07) is 55.3. The van der Waals surface area contributed by atoms with E-state index in [-0.39, 0.29) is 19.8 Å². The van der Waals surface area contributed by atoms with E-state index in [1.807, 2.05) is 85.5 Å². The molecular formula is C78H80F12N12O4OsP2. The number of pyridine rings is 6. The standard InChI is InChI=1S/2C33H31N3O2.6C2H3N.2F6P.Os/c2*1-20-14-26(37-5)15-21(2)32(20)24-10-12-28(34-18-24)30-8-7-9-31(36-30)29-13-11-25(19-35-29)33-22(3)16-27(38-6)17-23(33)4;6*1-2-3;2*1-7(2,3,4,5)6;/h2*7-19H,1-6H3;6*1H3;;;/q;;;;;;;;2*-1;+2. The first kappa shape index (κ1) is 97.6. The van der Waals surface area contributed by atoms with E-state index in [0.717, 1.165) is 135 Å². The van der Waals surface area contributed by atoms with Crippen LogP contribution >= 0.6 is 15.6 Å². The average Bonchev–Trinajstić information content (AvgIpc) is 0.802. The second-order valence-corrected chi connectivity index (χ2v) is 26.2. The molecule has 10 aromatic rings. The van der Waals surface area contributed by atoms with E-state index in [9.17, 15) is 50.4 Å². The zero-order valence-corrected chi connectivity index (χ0v) is 67.1. The number of benzene rings is 4. The van der Waals surface area contributed by atoms with Gasteiger partial charge in [0.15, 0.2) is 0 Å². The van der Waals surface area contributed by atoms with Crippen LogP contribution in [0.1, 0.15) is 86.1 Å². The van der Waals surface area contributed by atoms with Gasteiger partial charge in [0.1, 0.15) is 23.0 Å². The number of hydrogen-bond acceptors (Lipinski definition) is 16. The molecule has 10 rings (SSSR count). The van der Waals surface area contributed by atoms with E-state index < -0.39 is 15.6 Å². The molecule has 0 saturated carbocycles. The maximum absolute atomic E-state index is 10.7. The predicted molar refractivity (Wildman–Crippen MR) is 402 cm³/mol. The molecule has 0 bridgehead atoms. The van der Waals surface area contributed by atoms with Gasteiger partial charge in [0.2, 0.25) is 0 Å². The molecule has 109 heavy (non-hydrogen) atoms. The van der Waals surface area contributed by atoms with Crippen LogP contribution in [0.15, 0.2) is 158 Å². The summed E-state index contributed by atoms with van der Waals surface area (Å²) in [4.78, 5) is 28.7. The minimum Gasteiger partial charge on any atom is 2.00 e. The van der Waals surface area contributed by atoms with Gasteiger partial charge in [-0.3, -0.25) is 19.9 Å². The van der Waals surface area contributed by atoms with Crippen LogP contribution < -0.4 is 18.9 Å². The zero-order valence-electron chi connectivity index (χ0n) is 62.8. The van der Waals surface area contributed by atoms with Crippen molar-refractivity contribution in [1.82, 2.24) is 29.9 Å². The molecule has 0 amide bonds. The monoisotopic (exact) mass is 1730 g/mol. The average molecular weight is 1730 g/mol. The summed E-state index contributed by atoms with van der Waals surface area (Å²) < 4.78 is 140. The topological polar surface area (TPSA) is 257 Å². The van der Waals surface area contributed by atoms with Gasteiger partial charge < -0.3 is 18.9 Å².